The minimum absolute atomic E-state index is 0.124. The molecule has 0 radical (unpaired) electrons. The molecule has 0 spiro atoms. The normalized spacial score (nSPS) is 20.3. The number of amides is 3. The fourth-order valence-corrected chi connectivity index (χ4v) is 4.65. The maximum Gasteiger partial charge on any atom is 0.404 e. The number of β-lactam (4-membered cyclic amide) rings is 1. The molecule has 1 fully saturated rings. The molecule has 0 unspecified atom stereocenters. The number of ether oxygens (including phenoxy) is 3. The van der Waals surface area contributed by atoms with Gasteiger partial charge in [0, 0.05) is 25.2 Å². The van der Waals surface area contributed by atoms with E-state index >= 15 is 0 Å². The molecule has 35 heavy (non-hydrogen) atoms. The van der Waals surface area contributed by atoms with Gasteiger partial charge in [0.05, 0.1) is 6.26 Å². The minimum Gasteiger partial charge on any atom is -0.462 e. The number of oxime groups is 1. The van der Waals surface area contributed by atoms with Gasteiger partial charge in [0.25, 0.3) is 11.8 Å². The molecule has 3 amide bonds. The number of hydrogen-bond acceptors (Lipinski definition) is 12. The first kappa shape index (κ1) is 25.6. The Bertz CT molecular complexity index is 1080. The average Bonchev–Trinajstić information content (AvgIpc) is 3.32. The van der Waals surface area contributed by atoms with E-state index in [0.29, 0.717) is 0 Å². The number of carbonyl (C=O) groups is 5. The van der Waals surface area contributed by atoms with E-state index in [9.17, 15) is 24.0 Å². The number of esters is 2. The van der Waals surface area contributed by atoms with Crippen molar-refractivity contribution >= 4 is 47.3 Å². The second-order valence-electron chi connectivity index (χ2n) is 7.10. The van der Waals surface area contributed by atoms with E-state index in [4.69, 9.17) is 29.2 Å². The van der Waals surface area contributed by atoms with E-state index in [2.05, 4.69) is 10.5 Å². The molecule has 0 aromatic carbocycles. The molecule has 3 rings (SSSR count). The molecule has 1 aromatic heterocycles. The lowest BCUT2D eigenvalue weighted by molar-refractivity contribution is -0.182. The summed E-state index contributed by atoms with van der Waals surface area (Å²) in [5.74, 6) is -2.75. The maximum absolute atomic E-state index is 13.0. The van der Waals surface area contributed by atoms with Crippen LogP contribution in [0.25, 0.3) is 0 Å². The topological polar surface area (TPSA) is 189 Å². The summed E-state index contributed by atoms with van der Waals surface area (Å²) in [5.41, 5.74) is 4.89. The molecule has 1 saturated heterocycles. The summed E-state index contributed by atoms with van der Waals surface area (Å²) in [6, 6.07) is 2.03. The van der Waals surface area contributed by atoms with Crippen LogP contribution in [0.4, 0.5) is 4.79 Å². The maximum atomic E-state index is 13.0. The molecule has 1 aromatic rings. The van der Waals surface area contributed by atoms with E-state index in [1.807, 2.05) is 0 Å². The third-order valence-corrected chi connectivity index (χ3v) is 6.01. The highest BCUT2D eigenvalue weighted by Crippen LogP contribution is 2.41. The van der Waals surface area contributed by atoms with Gasteiger partial charge in [0.1, 0.15) is 30.8 Å². The number of nitrogens with zero attached hydrogens (tertiary/aromatic N) is 2. The molecule has 0 aliphatic carbocycles. The highest BCUT2D eigenvalue weighted by atomic mass is 32.2. The van der Waals surface area contributed by atoms with Gasteiger partial charge < -0.3 is 34.5 Å². The zero-order chi connectivity index (χ0) is 25.7. The van der Waals surface area contributed by atoms with E-state index < -0.39 is 47.6 Å². The quantitative estimate of drug-likeness (QED) is 0.147. The van der Waals surface area contributed by atoms with Crippen molar-refractivity contribution in [2.75, 3.05) is 19.5 Å². The largest absolute Gasteiger partial charge is 0.462 e. The fourth-order valence-electron chi connectivity index (χ4n) is 3.32. The Morgan fingerprint density at radius 2 is 2.09 bits per heavy atom. The van der Waals surface area contributed by atoms with Crippen LogP contribution in [0.5, 0.6) is 0 Å². The molecule has 14 nitrogen and oxygen atoms in total. The van der Waals surface area contributed by atoms with Gasteiger partial charge in [-0.3, -0.25) is 19.3 Å². The lowest BCUT2D eigenvalue weighted by Gasteiger charge is -2.49. The van der Waals surface area contributed by atoms with Crippen molar-refractivity contribution in [2.45, 2.75) is 31.6 Å². The third-order valence-electron chi connectivity index (χ3n) is 4.67. The van der Waals surface area contributed by atoms with Crippen molar-refractivity contribution in [3.8, 4) is 0 Å². The van der Waals surface area contributed by atoms with Crippen LogP contribution in [0.15, 0.2) is 39.2 Å². The lowest BCUT2D eigenvalue weighted by Crippen LogP contribution is -2.71. The second-order valence-corrected chi connectivity index (χ2v) is 8.21. The number of fused-ring (bicyclic) bond motifs is 1. The number of rotatable bonds is 9. The van der Waals surface area contributed by atoms with Crippen LogP contribution in [-0.4, -0.2) is 77.6 Å². The van der Waals surface area contributed by atoms with Gasteiger partial charge in [-0.1, -0.05) is 5.16 Å². The molecule has 0 saturated carbocycles. The predicted molar refractivity (Wildman–Crippen MR) is 117 cm³/mol. The van der Waals surface area contributed by atoms with E-state index in [1.54, 1.807) is 6.07 Å². The van der Waals surface area contributed by atoms with Crippen LogP contribution in [0.3, 0.4) is 0 Å². The van der Waals surface area contributed by atoms with Gasteiger partial charge in [0.15, 0.2) is 5.76 Å². The molecule has 15 heteroatoms. The van der Waals surface area contributed by atoms with Gasteiger partial charge in [-0.2, -0.15) is 0 Å². The van der Waals surface area contributed by atoms with Gasteiger partial charge in [-0.05, 0) is 12.1 Å². The SMILES string of the molecule is CO/N=C(/C(=O)N[C@H]1C(=O)N2C(C(=O)O[C@H](C)OC(C)=O)=C(COC(N)=O)CS[C@@H]12)c1ccco1. The number of nitrogens with one attached hydrogen (secondary N) is 1. The molecule has 2 aliphatic rings. The van der Waals surface area contributed by atoms with Crippen molar-refractivity contribution in [3.05, 3.63) is 35.4 Å². The van der Waals surface area contributed by atoms with Gasteiger partial charge in [-0.15, -0.1) is 11.8 Å². The van der Waals surface area contributed by atoms with Crippen molar-refractivity contribution in [1.29, 1.82) is 0 Å². The first-order chi connectivity index (χ1) is 16.6. The van der Waals surface area contributed by atoms with Crippen LogP contribution < -0.4 is 11.1 Å². The molecule has 188 valence electrons. The number of nitrogens with two attached hydrogens (primary N) is 1. The summed E-state index contributed by atoms with van der Waals surface area (Å²) in [6.45, 7) is 2.09. The number of primary amides is 1. The van der Waals surface area contributed by atoms with Gasteiger partial charge >= 0.3 is 18.0 Å². The standard InChI is InChI=1S/C20H22N4O10S/c1-9(25)33-10(2)34-19(28)15-11(7-32-20(21)29)8-35-18-14(17(27)24(15)18)22-16(26)13(23-30-3)12-5-4-6-31-12/h4-6,10,14,18H,7-8H2,1-3H3,(H2,21,29)(H,22,26)/b23-13+/t10-,14+,18+/m1/s1. The van der Waals surface area contributed by atoms with Crippen molar-refractivity contribution in [3.63, 3.8) is 0 Å². The Balaban J connectivity index is 1.80. The van der Waals surface area contributed by atoms with Crippen LogP contribution in [0, 0.1) is 0 Å². The smallest absolute Gasteiger partial charge is 0.404 e. The second kappa shape index (κ2) is 10.9. The molecule has 3 heterocycles. The van der Waals surface area contributed by atoms with Gasteiger partial charge in [0.2, 0.25) is 12.0 Å². The monoisotopic (exact) mass is 510 g/mol. The van der Waals surface area contributed by atoms with Crippen molar-refractivity contribution < 1.29 is 47.4 Å². The number of furan rings is 1. The predicted octanol–water partition coefficient (Wildman–Crippen LogP) is -0.168. The lowest BCUT2D eigenvalue weighted by atomic mass is 10.0. The van der Waals surface area contributed by atoms with E-state index in [1.165, 1.54) is 38.1 Å². The summed E-state index contributed by atoms with van der Waals surface area (Å²) in [5, 5.41) is 5.53. The highest BCUT2D eigenvalue weighted by Gasteiger charge is 2.55. The molecular weight excluding hydrogens is 488 g/mol. The highest BCUT2D eigenvalue weighted by molar-refractivity contribution is 8.00. The summed E-state index contributed by atoms with van der Waals surface area (Å²) in [7, 11) is 1.25. The fraction of sp³-hybridized carbons (Fsp3) is 0.400. The Morgan fingerprint density at radius 3 is 2.69 bits per heavy atom. The molecule has 2 aliphatic heterocycles. The minimum atomic E-state index is -1.24. The van der Waals surface area contributed by atoms with Crippen LogP contribution in [-0.2, 0) is 38.2 Å². The van der Waals surface area contributed by atoms with Crippen LogP contribution in [0.1, 0.15) is 19.6 Å². The molecule has 3 N–H and O–H groups in total. The van der Waals surface area contributed by atoms with Crippen molar-refractivity contribution in [2.24, 2.45) is 10.9 Å². The van der Waals surface area contributed by atoms with Crippen LogP contribution in [0.2, 0.25) is 0 Å². The molecule has 3 atom stereocenters. The Hall–Kier alpha value is -4.01. The summed E-state index contributed by atoms with van der Waals surface area (Å²) >= 11 is 1.21. The number of thioether (sulfide) groups is 1. The zero-order valence-electron chi connectivity index (χ0n) is 18.8. The summed E-state index contributed by atoms with van der Waals surface area (Å²) < 4.78 is 19.9. The Labute approximate surface area is 202 Å². The van der Waals surface area contributed by atoms with E-state index in [-0.39, 0.29) is 35.1 Å². The summed E-state index contributed by atoms with van der Waals surface area (Å²) in [4.78, 5) is 66.7. The number of carbonyl (C=O) groups excluding carboxylic acids is 5. The Morgan fingerprint density at radius 1 is 1.34 bits per heavy atom. The van der Waals surface area contributed by atoms with Crippen LogP contribution >= 0.6 is 11.8 Å². The average molecular weight is 510 g/mol. The zero-order valence-corrected chi connectivity index (χ0v) is 19.7. The molecule has 0 bridgehead atoms. The van der Waals surface area contributed by atoms with Crippen molar-refractivity contribution in [1.82, 2.24) is 10.2 Å². The molecular formula is C20H22N4O10S. The van der Waals surface area contributed by atoms with Gasteiger partial charge in [-0.25, -0.2) is 9.59 Å². The third kappa shape index (κ3) is 5.74. The first-order valence-electron chi connectivity index (χ1n) is 10.1. The number of hydrogen-bond donors (Lipinski definition) is 2. The summed E-state index contributed by atoms with van der Waals surface area (Å²) in [6.07, 6.45) is -0.976. The van der Waals surface area contributed by atoms with E-state index in [0.717, 1.165) is 11.8 Å². The first-order valence-corrected chi connectivity index (χ1v) is 11.1. The Kier molecular flexibility index (Phi) is 8.01.